The quantitative estimate of drug-likeness (QED) is 0.0971. The largest absolute Gasteiger partial charge is 0.506 e. The molecule has 0 aromatic heterocycles. The number of fused-ring (bicyclic) bond motifs is 1. The van der Waals surface area contributed by atoms with Crippen LogP contribution in [0.15, 0.2) is 121 Å². The summed E-state index contributed by atoms with van der Waals surface area (Å²) in [5, 5.41) is 21.9. The van der Waals surface area contributed by atoms with E-state index in [-0.39, 0.29) is 22.9 Å². The minimum Gasteiger partial charge on any atom is -0.506 e. The fourth-order valence-electron chi connectivity index (χ4n) is 4.47. The first kappa shape index (κ1) is 27.7. The summed E-state index contributed by atoms with van der Waals surface area (Å²) in [6, 6.07) is 36.2. The Morgan fingerprint density at radius 1 is 0.432 bits per heavy atom. The maximum absolute atomic E-state index is 10.2. The van der Waals surface area contributed by atoms with Crippen molar-refractivity contribution in [3.63, 3.8) is 0 Å². The number of hydrogen-bond acceptors (Lipinski definition) is 6. The number of aromatic hydroxyl groups is 2. The number of phenols is 2. The maximum Gasteiger partial charge on any atom is 0.142 e. The normalized spacial score (nSPS) is 10.3. The molecule has 0 unspecified atom stereocenters. The first-order valence-corrected chi connectivity index (χ1v) is 13.7. The Labute approximate surface area is 254 Å². The van der Waals surface area contributed by atoms with Gasteiger partial charge in [0.05, 0.1) is 11.4 Å². The molecule has 0 saturated carbocycles. The molecular formula is C38H26N2O4. The highest BCUT2D eigenvalue weighted by Crippen LogP contribution is 2.40. The molecule has 6 rings (SSSR count). The molecule has 6 aromatic rings. The van der Waals surface area contributed by atoms with Crippen LogP contribution in [0.2, 0.25) is 0 Å². The van der Waals surface area contributed by atoms with Crippen molar-refractivity contribution in [2.45, 2.75) is 0 Å². The van der Waals surface area contributed by atoms with Gasteiger partial charge >= 0.3 is 0 Å². The van der Waals surface area contributed by atoms with Crippen molar-refractivity contribution in [3.05, 3.63) is 144 Å². The van der Waals surface area contributed by atoms with Gasteiger partial charge in [-0.05, 0) is 72.8 Å². The number of rotatable bonds is 4. The zero-order valence-corrected chi connectivity index (χ0v) is 23.4. The molecule has 0 aliphatic heterocycles. The molecule has 0 bridgehead atoms. The zero-order chi connectivity index (χ0) is 30.5. The van der Waals surface area contributed by atoms with Crippen LogP contribution in [0.3, 0.4) is 0 Å². The Balaban J connectivity index is 1.55. The fraction of sp³-hybridized carbons (Fsp3) is 0. The third kappa shape index (κ3) is 6.36. The van der Waals surface area contributed by atoms with Gasteiger partial charge in [0.25, 0.3) is 0 Å². The summed E-state index contributed by atoms with van der Waals surface area (Å²) in [6.07, 6.45) is 0. The molecule has 0 aliphatic rings. The van der Waals surface area contributed by atoms with Gasteiger partial charge in [0.1, 0.15) is 34.5 Å². The molecule has 0 fully saturated rings. The van der Waals surface area contributed by atoms with Crippen molar-refractivity contribution in [2.75, 3.05) is 11.5 Å². The predicted molar refractivity (Wildman–Crippen MR) is 174 cm³/mol. The molecule has 0 radical (unpaired) electrons. The third-order valence-corrected chi connectivity index (χ3v) is 6.70. The van der Waals surface area contributed by atoms with E-state index in [0.29, 0.717) is 44.9 Å². The first-order chi connectivity index (χ1) is 21.4. The van der Waals surface area contributed by atoms with Crippen LogP contribution in [0.5, 0.6) is 34.5 Å². The summed E-state index contributed by atoms with van der Waals surface area (Å²) in [5.41, 5.74) is 15.2. The van der Waals surface area contributed by atoms with Gasteiger partial charge in [-0.3, -0.25) is 0 Å². The van der Waals surface area contributed by atoms with Crippen LogP contribution < -0.4 is 20.9 Å². The number of ether oxygens (including phenoxy) is 2. The zero-order valence-electron chi connectivity index (χ0n) is 23.4. The van der Waals surface area contributed by atoms with Crippen molar-refractivity contribution in [1.82, 2.24) is 0 Å². The molecule has 0 saturated heterocycles. The van der Waals surface area contributed by atoms with Crippen molar-refractivity contribution in [2.24, 2.45) is 0 Å². The lowest BCUT2D eigenvalue weighted by molar-refractivity contribution is 0.456. The molecule has 0 heterocycles. The van der Waals surface area contributed by atoms with Gasteiger partial charge in [-0.2, -0.15) is 0 Å². The van der Waals surface area contributed by atoms with Crippen molar-refractivity contribution >= 4 is 22.1 Å². The van der Waals surface area contributed by atoms with Crippen LogP contribution in [-0.4, -0.2) is 10.2 Å². The summed E-state index contributed by atoms with van der Waals surface area (Å²) >= 11 is 0. The molecule has 6 nitrogen and oxygen atoms in total. The van der Waals surface area contributed by atoms with Gasteiger partial charge in [-0.1, -0.05) is 60.1 Å². The lowest BCUT2D eigenvalue weighted by Gasteiger charge is -2.15. The van der Waals surface area contributed by atoms with E-state index in [9.17, 15) is 10.2 Å². The van der Waals surface area contributed by atoms with E-state index in [1.54, 1.807) is 24.3 Å². The molecular weight excluding hydrogens is 548 g/mol. The highest BCUT2D eigenvalue weighted by Gasteiger charge is 2.15. The summed E-state index contributed by atoms with van der Waals surface area (Å²) in [7, 11) is 0. The van der Waals surface area contributed by atoms with E-state index in [0.717, 1.165) is 11.1 Å². The van der Waals surface area contributed by atoms with E-state index in [1.807, 2.05) is 84.9 Å². The molecule has 0 amide bonds. The monoisotopic (exact) mass is 574 g/mol. The SMILES string of the molecule is Nc1ccc(Oc2cc(C#Cc3ccccc3)cc3c(Oc4ccc(N)c(O)c4)cc(C#Cc4ccccc4)cc23)cc1O. The molecule has 6 aromatic carbocycles. The van der Waals surface area contributed by atoms with Gasteiger partial charge in [0, 0.05) is 45.2 Å². The van der Waals surface area contributed by atoms with Gasteiger partial charge in [-0.15, -0.1) is 0 Å². The Kier molecular flexibility index (Phi) is 7.65. The Bertz CT molecular complexity index is 1970. The lowest BCUT2D eigenvalue weighted by atomic mass is 10.0. The van der Waals surface area contributed by atoms with Crippen molar-refractivity contribution < 1.29 is 19.7 Å². The number of nitrogens with two attached hydrogens (primary N) is 2. The number of anilines is 2. The van der Waals surface area contributed by atoms with Gasteiger partial charge < -0.3 is 31.2 Å². The molecule has 44 heavy (non-hydrogen) atoms. The van der Waals surface area contributed by atoms with Crippen LogP contribution in [0.1, 0.15) is 22.3 Å². The second-order valence-corrected chi connectivity index (χ2v) is 9.92. The third-order valence-electron chi connectivity index (χ3n) is 6.70. The second-order valence-electron chi connectivity index (χ2n) is 9.92. The lowest BCUT2D eigenvalue weighted by Crippen LogP contribution is -1.94. The summed E-state index contributed by atoms with van der Waals surface area (Å²) < 4.78 is 12.7. The molecule has 6 heteroatoms. The smallest absolute Gasteiger partial charge is 0.142 e. The topological polar surface area (TPSA) is 111 Å². The van der Waals surface area contributed by atoms with Crippen molar-refractivity contribution in [3.8, 4) is 58.2 Å². The van der Waals surface area contributed by atoms with Gasteiger partial charge in [-0.25, -0.2) is 0 Å². The van der Waals surface area contributed by atoms with E-state index in [1.165, 1.54) is 12.1 Å². The predicted octanol–water partition coefficient (Wildman–Crippen LogP) is 7.80. The van der Waals surface area contributed by atoms with Gasteiger partial charge in [0.2, 0.25) is 0 Å². The van der Waals surface area contributed by atoms with E-state index < -0.39 is 0 Å². The fourth-order valence-corrected chi connectivity index (χ4v) is 4.47. The number of hydrogen-bond donors (Lipinski definition) is 4. The molecule has 0 aliphatic carbocycles. The Morgan fingerprint density at radius 3 is 1.20 bits per heavy atom. The second kappa shape index (κ2) is 12.2. The van der Waals surface area contributed by atoms with Crippen LogP contribution in [0.25, 0.3) is 10.8 Å². The van der Waals surface area contributed by atoms with Crippen LogP contribution in [0.4, 0.5) is 11.4 Å². The van der Waals surface area contributed by atoms with E-state index >= 15 is 0 Å². The standard InChI is InChI=1S/C38H26N2O4/c39-33-17-15-29(23-35(33)41)43-37-21-27(13-11-25-7-3-1-4-8-25)19-31-32(37)20-28(14-12-26-9-5-2-6-10-26)22-38(31)44-30-16-18-34(40)36(42)24-30/h1-10,15-24,41-42H,39-40H2. The number of phenolic OH excluding ortho intramolecular Hbond substituents is 2. The highest BCUT2D eigenvalue weighted by atomic mass is 16.5. The highest BCUT2D eigenvalue weighted by molar-refractivity contribution is 5.96. The minimum atomic E-state index is -0.0894. The van der Waals surface area contributed by atoms with Crippen LogP contribution in [0, 0.1) is 23.7 Å². The number of benzene rings is 6. The molecule has 0 atom stereocenters. The van der Waals surface area contributed by atoms with E-state index in [2.05, 4.69) is 23.7 Å². The van der Waals surface area contributed by atoms with Crippen molar-refractivity contribution in [1.29, 1.82) is 0 Å². The van der Waals surface area contributed by atoms with Crippen LogP contribution >= 0.6 is 0 Å². The Morgan fingerprint density at radius 2 is 0.818 bits per heavy atom. The van der Waals surface area contributed by atoms with E-state index in [4.69, 9.17) is 20.9 Å². The van der Waals surface area contributed by atoms with Gasteiger partial charge in [0.15, 0.2) is 0 Å². The molecule has 6 N–H and O–H groups in total. The summed E-state index contributed by atoms with van der Waals surface area (Å²) in [6.45, 7) is 0. The average molecular weight is 575 g/mol. The minimum absolute atomic E-state index is 0.0894. The molecule has 212 valence electrons. The summed E-state index contributed by atoms with van der Waals surface area (Å²) in [5.74, 6) is 14.4. The maximum atomic E-state index is 10.2. The average Bonchev–Trinajstić information content (AvgIpc) is 3.04. The molecule has 0 spiro atoms. The Hall–Kier alpha value is -6.50. The number of nitrogen functional groups attached to an aromatic ring is 2. The van der Waals surface area contributed by atoms with Crippen LogP contribution in [-0.2, 0) is 0 Å². The summed E-state index contributed by atoms with van der Waals surface area (Å²) in [4.78, 5) is 0. The first-order valence-electron chi connectivity index (χ1n) is 13.7.